The second-order valence-corrected chi connectivity index (χ2v) is 7.27. The molecule has 1 aliphatic heterocycles. The number of nitrogens with one attached hydrogen (secondary N) is 1. The van der Waals surface area contributed by atoms with Gasteiger partial charge in [0.25, 0.3) is 5.91 Å². The van der Waals surface area contributed by atoms with E-state index in [1.165, 1.54) is 5.56 Å². The van der Waals surface area contributed by atoms with E-state index in [4.69, 9.17) is 0 Å². The molecule has 5 nitrogen and oxygen atoms in total. The first-order valence-electron chi connectivity index (χ1n) is 9.35. The number of benzene rings is 1. The zero-order valence-electron chi connectivity index (χ0n) is 14.9. The van der Waals surface area contributed by atoms with Gasteiger partial charge in [-0.05, 0) is 38.2 Å². The van der Waals surface area contributed by atoms with Crippen LogP contribution in [-0.2, 0) is 19.4 Å². The first-order chi connectivity index (χ1) is 12.2. The van der Waals surface area contributed by atoms with Gasteiger partial charge in [-0.3, -0.25) is 14.8 Å². The Labute approximate surface area is 149 Å². The van der Waals surface area contributed by atoms with E-state index in [-0.39, 0.29) is 5.91 Å². The summed E-state index contributed by atoms with van der Waals surface area (Å²) in [5, 5.41) is 7.38. The molecule has 132 valence electrons. The lowest BCUT2D eigenvalue weighted by atomic mass is 10.1. The molecule has 1 aromatic heterocycles. The van der Waals surface area contributed by atoms with Gasteiger partial charge in [0.15, 0.2) is 5.69 Å². The lowest BCUT2D eigenvalue weighted by Crippen LogP contribution is -2.36. The molecule has 1 atom stereocenters. The number of aromatic amines is 1. The minimum Gasteiger partial charge on any atom is -0.336 e. The molecule has 0 radical (unpaired) electrons. The predicted molar refractivity (Wildman–Crippen MR) is 97.4 cm³/mol. The summed E-state index contributed by atoms with van der Waals surface area (Å²) < 4.78 is 0. The van der Waals surface area contributed by atoms with Crippen molar-refractivity contribution in [3.63, 3.8) is 0 Å². The van der Waals surface area contributed by atoms with Gasteiger partial charge in [0, 0.05) is 43.5 Å². The molecule has 1 unspecified atom stereocenters. The Morgan fingerprint density at radius 3 is 2.88 bits per heavy atom. The van der Waals surface area contributed by atoms with E-state index in [2.05, 4.69) is 52.4 Å². The smallest absolute Gasteiger partial charge is 0.274 e. The zero-order valence-corrected chi connectivity index (χ0v) is 14.9. The van der Waals surface area contributed by atoms with Gasteiger partial charge in [-0.1, -0.05) is 30.3 Å². The monoisotopic (exact) mass is 338 g/mol. The number of hydrogen-bond acceptors (Lipinski definition) is 3. The van der Waals surface area contributed by atoms with Crippen LogP contribution in [0.1, 0.15) is 47.1 Å². The maximum absolute atomic E-state index is 13.0. The van der Waals surface area contributed by atoms with Crippen LogP contribution in [0.5, 0.6) is 0 Å². The average Bonchev–Trinajstić information content (AvgIpc) is 3.19. The van der Waals surface area contributed by atoms with Crippen molar-refractivity contribution in [1.82, 2.24) is 20.0 Å². The molecule has 1 N–H and O–H groups in total. The fourth-order valence-electron chi connectivity index (χ4n) is 4.01. The quantitative estimate of drug-likeness (QED) is 0.936. The maximum Gasteiger partial charge on any atom is 0.274 e. The summed E-state index contributed by atoms with van der Waals surface area (Å²) in [5.41, 5.74) is 4.32. The fraction of sp³-hybridized carbons (Fsp3) is 0.500. The van der Waals surface area contributed by atoms with E-state index < -0.39 is 0 Å². The van der Waals surface area contributed by atoms with Crippen LogP contribution in [0.4, 0.5) is 0 Å². The first kappa shape index (κ1) is 16.3. The molecule has 2 heterocycles. The van der Waals surface area contributed by atoms with Crippen LogP contribution in [0.2, 0.25) is 0 Å². The van der Waals surface area contributed by atoms with Crippen molar-refractivity contribution in [3.8, 4) is 0 Å². The lowest BCUT2D eigenvalue weighted by molar-refractivity contribution is 0.0754. The number of aromatic nitrogens is 2. The highest BCUT2D eigenvalue weighted by Crippen LogP contribution is 2.24. The Morgan fingerprint density at radius 1 is 1.20 bits per heavy atom. The number of fused-ring (bicyclic) bond motifs is 1. The van der Waals surface area contributed by atoms with Crippen molar-refractivity contribution < 1.29 is 4.79 Å². The number of carbonyl (C=O) groups excluding carboxylic acids is 1. The van der Waals surface area contributed by atoms with Crippen LogP contribution in [-0.4, -0.2) is 51.6 Å². The summed E-state index contributed by atoms with van der Waals surface area (Å²) >= 11 is 0. The second kappa shape index (κ2) is 7.00. The number of nitrogens with zero attached hydrogens (tertiary/aromatic N) is 3. The molecule has 1 amide bonds. The average molecular weight is 338 g/mol. The standard InChI is InChI=1S/C20H26N4O/c1-15-10-11-23(12-13-24(15)14-16-6-3-2-4-7-16)20(25)19-17-8-5-9-18(17)21-22-19/h2-4,6-7,15H,5,8-14H2,1H3,(H,21,22). The van der Waals surface area contributed by atoms with Crippen molar-refractivity contribution >= 4 is 5.91 Å². The SMILES string of the molecule is CC1CCN(C(=O)c2n[nH]c3c2CCC3)CCN1Cc1ccccc1. The Bertz CT molecular complexity index is 739. The van der Waals surface area contributed by atoms with Crippen molar-refractivity contribution in [3.05, 3.63) is 52.8 Å². The normalized spacial score (nSPS) is 21.2. The molecule has 0 saturated carbocycles. The van der Waals surface area contributed by atoms with E-state index >= 15 is 0 Å². The topological polar surface area (TPSA) is 52.2 Å². The third-order valence-electron chi connectivity index (χ3n) is 5.62. The molecule has 4 rings (SSSR count). The molecule has 1 aromatic carbocycles. The minimum atomic E-state index is 0.105. The van der Waals surface area contributed by atoms with Crippen LogP contribution >= 0.6 is 0 Å². The third kappa shape index (κ3) is 3.33. The first-order valence-corrected chi connectivity index (χ1v) is 9.35. The Hall–Kier alpha value is -2.14. The number of hydrogen-bond donors (Lipinski definition) is 1. The molecule has 0 bridgehead atoms. The highest BCUT2D eigenvalue weighted by Gasteiger charge is 2.29. The van der Waals surface area contributed by atoms with Crippen LogP contribution in [0, 0.1) is 0 Å². The predicted octanol–water partition coefficient (Wildman–Crippen LogP) is 2.64. The summed E-state index contributed by atoms with van der Waals surface area (Å²) in [6.07, 6.45) is 4.14. The number of H-pyrrole nitrogens is 1. The van der Waals surface area contributed by atoms with E-state index in [0.717, 1.165) is 63.1 Å². The molecular formula is C20H26N4O. The number of rotatable bonds is 3. The molecule has 1 fully saturated rings. The van der Waals surface area contributed by atoms with Crippen molar-refractivity contribution in [2.75, 3.05) is 19.6 Å². The minimum absolute atomic E-state index is 0.105. The number of aryl methyl sites for hydroxylation is 1. The molecule has 5 heteroatoms. The molecule has 1 saturated heterocycles. The molecule has 2 aromatic rings. The highest BCUT2D eigenvalue weighted by molar-refractivity contribution is 5.94. The Morgan fingerprint density at radius 2 is 2.04 bits per heavy atom. The molecule has 1 aliphatic carbocycles. The van der Waals surface area contributed by atoms with Gasteiger partial charge < -0.3 is 4.90 Å². The second-order valence-electron chi connectivity index (χ2n) is 7.27. The van der Waals surface area contributed by atoms with Crippen molar-refractivity contribution in [2.45, 2.75) is 45.2 Å². The van der Waals surface area contributed by atoms with Gasteiger partial charge in [0.2, 0.25) is 0 Å². The third-order valence-corrected chi connectivity index (χ3v) is 5.62. The van der Waals surface area contributed by atoms with Crippen LogP contribution in [0.3, 0.4) is 0 Å². The molecule has 25 heavy (non-hydrogen) atoms. The van der Waals surface area contributed by atoms with Crippen LogP contribution in [0.15, 0.2) is 30.3 Å². The van der Waals surface area contributed by atoms with Crippen molar-refractivity contribution in [1.29, 1.82) is 0 Å². The molecular weight excluding hydrogens is 312 g/mol. The van der Waals surface area contributed by atoms with Gasteiger partial charge in [-0.2, -0.15) is 5.10 Å². The Balaban J connectivity index is 1.44. The van der Waals surface area contributed by atoms with Gasteiger partial charge in [-0.15, -0.1) is 0 Å². The van der Waals surface area contributed by atoms with Gasteiger partial charge in [0.1, 0.15) is 0 Å². The lowest BCUT2D eigenvalue weighted by Gasteiger charge is -2.26. The van der Waals surface area contributed by atoms with Crippen molar-refractivity contribution in [2.24, 2.45) is 0 Å². The fourth-order valence-corrected chi connectivity index (χ4v) is 4.01. The van der Waals surface area contributed by atoms with Gasteiger partial charge in [-0.25, -0.2) is 0 Å². The molecule has 2 aliphatic rings. The summed E-state index contributed by atoms with van der Waals surface area (Å²) in [4.78, 5) is 17.4. The van der Waals surface area contributed by atoms with Gasteiger partial charge in [0.05, 0.1) is 0 Å². The van der Waals surface area contributed by atoms with Gasteiger partial charge >= 0.3 is 0 Å². The van der Waals surface area contributed by atoms with Crippen LogP contribution < -0.4 is 0 Å². The summed E-state index contributed by atoms with van der Waals surface area (Å²) in [6.45, 7) is 5.71. The summed E-state index contributed by atoms with van der Waals surface area (Å²) in [6, 6.07) is 11.1. The maximum atomic E-state index is 13.0. The summed E-state index contributed by atoms with van der Waals surface area (Å²) in [7, 11) is 0. The number of carbonyl (C=O) groups is 1. The van der Waals surface area contributed by atoms with Crippen LogP contribution in [0.25, 0.3) is 0 Å². The summed E-state index contributed by atoms with van der Waals surface area (Å²) in [5.74, 6) is 0.105. The van der Waals surface area contributed by atoms with E-state index in [0.29, 0.717) is 11.7 Å². The van der Waals surface area contributed by atoms with E-state index in [9.17, 15) is 4.79 Å². The highest BCUT2D eigenvalue weighted by atomic mass is 16.2. The zero-order chi connectivity index (χ0) is 17.2. The number of amides is 1. The largest absolute Gasteiger partial charge is 0.336 e. The van der Waals surface area contributed by atoms with E-state index in [1.807, 2.05) is 4.90 Å². The van der Waals surface area contributed by atoms with E-state index in [1.54, 1.807) is 0 Å². The molecule has 0 spiro atoms. The Kier molecular flexibility index (Phi) is 4.57.